The number of carbonyl (C=O) groups excluding carboxylic acids is 1. The lowest BCUT2D eigenvalue weighted by Crippen LogP contribution is -2.28. The number of hydrogen-bond donors (Lipinski definition) is 2. The normalized spacial score (nSPS) is 11.7. The number of para-hydroxylation sites is 2. The summed E-state index contributed by atoms with van der Waals surface area (Å²) < 4.78 is 5.10. The van der Waals surface area contributed by atoms with Gasteiger partial charge in [-0.25, -0.2) is 4.99 Å². The first-order chi connectivity index (χ1) is 9.97. The topological polar surface area (TPSA) is 93.5 Å². The summed E-state index contributed by atoms with van der Waals surface area (Å²) in [6.07, 6.45) is 0. The highest BCUT2D eigenvalue weighted by Gasteiger charge is 2.14. The molecular formula is C15H18N4O2. The van der Waals surface area contributed by atoms with Crippen LogP contribution in [0.3, 0.4) is 0 Å². The van der Waals surface area contributed by atoms with Crippen molar-refractivity contribution in [2.75, 3.05) is 5.73 Å². The van der Waals surface area contributed by atoms with Crippen molar-refractivity contribution in [3.63, 3.8) is 0 Å². The Hall–Kier alpha value is -2.63. The minimum atomic E-state index is -0.360. The molecule has 3 N–H and O–H groups in total. The molecule has 6 heteroatoms. The number of amides is 1. The lowest BCUT2D eigenvalue weighted by Gasteiger charge is -2.03. The third-order valence-electron chi connectivity index (χ3n) is 2.85. The van der Waals surface area contributed by atoms with E-state index in [2.05, 4.69) is 15.5 Å². The number of nitrogens with zero attached hydrogens (tertiary/aromatic N) is 2. The van der Waals surface area contributed by atoms with Crippen molar-refractivity contribution in [1.82, 2.24) is 10.5 Å². The number of aromatic nitrogens is 1. The van der Waals surface area contributed by atoms with Gasteiger partial charge < -0.3 is 15.6 Å². The molecule has 1 aromatic heterocycles. The quantitative estimate of drug-likeness (QED) is 0.515. The van der Waals surface area contributed by atoms with E-state index < -0.39 is 0 Å². The number of nitrogens with one attached hydrogen (secondary N) is 1. The van der Waals surface area contributed by atoms with E-state index in [1.807, 2.05) is 26.0 Å². The summed E-state index contributed by atoms with van der Waals surface area (Å²) in [4.78, 5) is 16.3. The van der Waals surface area contributed by atoms with Crippen molar-refractivity contribution in [2.24, 2.45) is 4.99 Å². The Morgan fingerprint density at radius 2 is 2.10 bits per heavy atom. The molecule has 0 radical (unpaired) electrons. The summed E-state index contributed by atoms with van der Waals surface area (Å²) in [6, 6.07) is 8.81. The molecule has 0 aliphatic rings. The number of nitrogens with two attached hydrogens (primary N) is 1. The summed E-state index contributed by atoms with van der Waals surface area (Å²) in [5, 5.41) is 6.41. The SMILES string of the molecule is C/C(=N\c1ccccc1N)NC(=O)c1cc(C(C)C)on1. The second kappa shape index (κ2) is 6.21. The van der Waals surface area contributed by atoms with E-state index in [0.29, 0.717) is 23.0 Å². The Balaban J connectivity index is 2.10. The highest BCUT2D eigenvalue weighted by atomic mass is 16.5. The Labute approximate surface area is 123 Å². The number of hydrogen-bond acceptors (Lipinski definition) is 5. The number of aliphatic imine (C=N–C) groups is 1. The third-order valence-corrected chi connectivity index (χ3v) is 2.85. The van der Waals surface area contributed by atoms with Gasteiger partial charge in [0.2, 0.25) is 0 Å². The van der Waals surface area contributed by atoms with Gasteiger partial charge in [0, 0.05) is 12.0 Å². The fraction of sp³-hybridized carbons (Fsp3) is 0.267. The molecule has 0 bridgehead atoms. The Morgan fingerprint density at radius 1 is 1.38 bits per heavy atom. The van der Waals surface area contributed by atoms with E-state index in [0.717, 1.165) is 0 Å². The molecule has 21 heavy (non-hydrogen) atoms. The van der Waals surface area contributed by atoms with Crippen LogP contribution in [0.4, 0.5) is 11.4 Å². The Kier molecular flexibility index (Phi) is 4.37. The maximum atomic E-state index is 12.0. The average Bonchev–Trinajstić information content (AvgIpc) is 2.91. The van der Waals surface area contributed by atoms with Crippen LogP contribution in [0.15, 0.2) is 39.8 Å². The highest BCUT2D eigenvalue weighted by Crippen LogP contribution is 2.20. The lowest BCUT2D eigenvalue weighted by molar-refractivity contribution is 0.0968. The monoisotopic (exact) mass is 286 g/mol. The number of benzene rings is 1. The standard InChI is InChI=1S/C15H18N4O2/c1-9(2)14-8-13(19-21-14)15(20)18-10(3)17-12-7-5-4-6-11(12)16/h4-9H,16H2,1-3H3,(H,17,18,20). The number of rotatable bonds is 3. The molecule has 0 aliphatic heterocycles. The van der Waals surface area contributed by atoms with Gasteiger partial charge in [0.1, 0.15) is 11.6 Å². The van der Waals surface area contributed by atoms with Gasteiger partial charge in [0.05, 0.1) is 11.4 Å². The third kappa shape index (κ3) is 3.68. The number of anilines is 1. The largest absolute Gasteiger partial charge is 0.397 e. The first-order valence-corrected chi connectivity index (χ1v) is 6.65. The summed E-state index contributed by atoms with van der Waals surface area (Å²) in [7, 11) is 0. The van der Waals surface area contributed by atoms with E-state index in [4.69, 9.17) is 10.3 Å². The molecule has 2 aromatic rings. The summed E-state index contributed by atoms with van der Waals surface area (Å²) in [6.45, 7) is 5.62. The van der Waals surface area contributed by atoms with Gasteiger partial charge in [-0.3, -0.25) is 4.79 Å². The zero-order chi connectivity index (χ0) is 15.4. The molecule has 0 spiro atoms. The van der Waals surface area contributed by atoms with Crippen LogP contribution in [-0.2, 0) is 0 Å². The predicted molar refractivity (Wildman–Crippen MR) is 81.7 cm³/mol. The smallest absolute Gasteiger partial charge is 0.278 e. The first kappa shape index (κ1) is 14.8. The Morgan fingerprint density at radius 3 is 2.71 bits per heavy atom. The molecule has 0 aliphatic carbocycles. The molecular weight excluding hydrogens is 268 g/mol. The summed E-state index contributed by atoms with van der Waals surface area (Å²) in [5.41, 5.74) is 7.19. The number of nitrogen functional groups attached to an aromatic ring is 1. The van der Waals surface area contributed by atoms with E-state index >= 15 is 0 Å². The first-order valence-electron chi connectivity index (χ1n) is 6.65. The van der Waals surface area contributed by atoms with Gasteiger partial charge in [-0.2, -0.15) is 0 Å². The fourth-order valence-corrected chi connectivity index (χ4v) is 1.69. The molecule has 0 saturated carbocycles. The van der Waals surface area contributed by atoms with E-state index in [1.165, 1.54) is 0 Å². The van der Waals surface area contributed by atoms with Gasteiger partial charge >= 0.3 is 0 Å². The van der Waals surface area contributed by atoms with Gasteiger partial charge in [-0.05, 0) is 19.1 Å². The molecule has 6 nitrogen and oxygen atoms in total. The van der Waals surface area contributed by atoms with Crippen molar-refractivity contribution in [3.05, 3.63) is 41.8 Å². The van der Waals surface area contributed by atoms with E-state index in [-0.39, 0.29) is 17.5 Å². The number of carbonyl (C=O) groups is 1. The van der Waals surface area contributed by atoms with Crippen molar-refractivity contribution >= 4 is 23.1 Å². The van der Waals surface area contributed by atoms with Gasteiger partial charge in [0.25, 0.3) is 5.91 Å². The van der Waals surface area contributed by atoms with Crippen molar-refractivity contribution in [3.8, 4) is 0 Å². The summed E-state index contributed by atoms with van der Waals surface area (Å²) >= 11 is 0. The molecule has 110 valence electrons. The number of amidine groups is 1. The van der Waals surface area contributed by atoms with Crippen LogP contribution in [0, 0.1) is 0 Å². The zero-order valence-corrected chi connectivity index (χ0v) is 12.3. The van der Waals surface area contributed by atoms with Gasteiger partial charge in [0.15, 0.2) is 5.69 Å². The van der Waals surface area contributed by atoms with Crippen LogP contribution in [0.2, 0.25) is 0 Å². The summed E-state index contributed by atoms with van der Waals surface area (Å²) in [5.74, 6) is 0.924. The van der Waals surface area contributed by atoms with Crippen LogP contribution < -0.4 is 11.1 Å². The minimum absolute atomic E-state index is 0.179. The molecule has 0 atom stereocenters. The molecule has 0 unspecified atom stereocenters. The maximum Gasteiger partial charge on any atom is 0.278 e. The fourth-order valence-electron chi connectivity index (χ4n) is 1.69. The zero-order valence-electron chi connectivity index (χ0n) is 12.3. The molecule has 0 saturated heterocycles. The molecule has 1 aromatic carbocycles. The highest BCUT2D eigenvalue weighted by molar-refractivity contribution is 6.05. The van der Waals surface area contributed by atoms with Crippen molar-refractivity contribution < 1.29 is 9.32 Å². The second-order valence-corrected chi connectivity index (χ2v) is 4.98. The van der Waals surface area contributed by atoms with Gasteiger partial charge in [-0.1, -0.05) is 31.1 Å². The van der Waals surface area contributed by atoms with E-state index in [1.54, 1.807) is 25.1 Å². The molecule has 2 rings (SSSR count). The molecule has 1 amide bonds. The van der Waals surface area contributed by atoms with Crippen molar-refractivity contribution in [1.29, 1.82) is 0 Å². The van der Waals surface area contributed by atoms with Gasteiger partial charge in [-0.15, -0.1) is 0 Å². The van der Waals surface area contributed by atoms with Crippen LogP contribution in [-0.4, -0.2) is 16.9 Å². The lowest BCUT2D eigenvalue weighted by atomic mass is 10.1. The van der Waals surface area contributed by atoms with Crippen LogP contribution in [0.5, 0.6) is 0 Å². The molecule has 1 heterocycles. The van der Waals surface area contributed by atoms with E-state index in [9.17, 15) is 4.79 Å². The second-order valence-electron chi connectivity index (χ2n) is 4.98. The van der Waals surface area contributed by atoms with Crippen LogP contribution in [0.25, 0.3) is 0 Å². The minimum Gasteiger partial charge on any atom is -0.397 e. The Bertz CT molecular complexity index is 674. The average molecular weight is 286 g/mol. The van der Waals surface area contributed by atoms with Crippen LogP contribution >= 0.6 is 0 Å². The molecule has 0 fully saturated rings. The predicted octanol–water partition coefficient (Wildman–Crippen LogP) is 2.86. The maximum absolute atomic E-state index is 12.0. The van der Waals surface area contributed by atoms with Crippen molar-refractivity contribution in [2.45, 2.75) is 26.7 Å². The van der Waals surface area contributed by atoms with Crippen LogP contribution in [0.1, 0.15) is 42.9 Å².